The number of aromatic nitrogens is 3. The summed E-state index contributed by atoms with van der Waals surface area (Å²) >= 11 is 0. The topological polar surface area (TPSA) is 109 Å². The zero-order chi connectivity index (χ0) is 31.2. The number of nitrogens with two attached hydrogens (primary N) is 1. The van der Waals surface area contributed by atoms with Crippen molar-refractivity contribution in [3.63, 3.8) is 0 Å². The molecule has 4 rings (SSSR count). The molecule has 1 amide bonds. The molecule has 14 heteroatoms. The molecule has 0 fully saturated rings. The molecule has 0 aliphatic carbocycles. The zero-order valence-corrected chi connectivity index (χ0v) is 22.6. The smallest absolute Gasteiger partial charge is 0.359 e. The van der Waals surface area contributed by atoms with Gasteiger partial charge in [-0.15, -0.1) is 0 Å². The lowest BCUT2D eigenvalue weighted by atomic mass is 10.0. The number of halogens is 6. The summed E-state index contributed by atoms with van der Waals surface area (Å²) in [4.78, 5) is 30.3. The number of hydrogen-bond acceptors (Lipinski definition) is 5. The minimum absolute atomic E-state index is 0.0411. The molecular weight excluding hydrogens is 578 g/mol. The molecule has 0 aliphatic heterocycles. The third-order valence-corrected chi connectivity index (χ3v) is 6.86. The first-order chi connectivity index (χ1) is 20.4. The lowest BCUT2D eigenvalue weighted by Gasteiger charge is -2.25. The third-order valence-electron chi connectivity index (χ3n) is 6.86. The van der Waals surface area contributed by atoms with Gasteiger partial charge in [0.1, 0.15) is 0 Å². The number of carbonyl (C=O) groups is 1. The Labute approximate surface area is 241 Å². The van der Waals surface area contributed by atoms with Gasteiger partial charge < -0.3 is 10.3 Å². The SMILES string of the molecule is NN(/C(=C\CCCC(CCNC=O)n1c(=O)[nH]c2ccccc21)c1ccncc1)c1cc(C(F)(F)F)cc(C(F)(F)F)c1. The second-order valence-corrected chi connectivity index (χ2v) is 9.72. The number of anilines is 1. The van der Waals surface area contributed by atoms with E-state index in [0.29, 0.717) is 67.4 Å². The maximum Gasteiger partial charge on any atom is 0.416 e. The number of H-pyrrole nitrogens is 1. The molecule has 8 nitrogen and oxygen atoms in total. The van der Waals surface area contributed by atoms with Crippen LogP contribution in [0.25, 0.3) is 16.7 Å². The number of alkyl halides is 6. The fourth-order valence-corrected chi connectivity index (χ4v) is 4.84. The number of allylic oxidation sites excluding steroid dienone is 1. The summed E-state index contributed by atoms with van der Waals surface area (Å²) < 4.78 is 82.6. The Morgan fingerprint density at radius 2 is 1.65 bits per heavy atom. The Kier molecular flexibility index (Phi) is 9.59. The summed E-state index contributed by atoms with van der Waals surface area (Å²) in [5.74, 6) is 6.20. The van der Waals surface area contributed by atoms with Gasteiger partial charge in [-0.3, -0.25) is 19.4 Å². The highest BCUT2D eigenvalue weighted by Gasteiger charge is 2.37. The normalized spacial score (nSPS) is 13.2. The maximum atomic E-state index is 13.5. The molecule has 1 unspecified atom stereocenters. The molecule has 2 aromatic heterocycles. The first kappa shape index (κ1) is 31.3. The number of pyridine rings is 1. The molecule has 0 saturated heterocycles. The van der Waals surface area contributed by atoms with E-state index in [0.717, 1.165) is 5.01 Å². The lowest BCUT2D eigenvalue weighted by Crippen LogP contribution is -2.30. The molecule has 2 aromatic carbocycles. The number of benzene rings is 2. The number of imidazole rings is 1. The van der Waals surface area contributed by atoms with Crippen molar-refractivity contribution in [1.29, 1.82) is 0 Å². The molecule has 0 saturated carbocycles. The zero-order valence-electron chi connectivity index (χ0n) is 22.6. The summed E-state index contributed by atoms with van der Waals surface area (Å²) in [7, 11) is 0. The van der Waals surface area contributed by atoms with E-state index in [9.17, 15) is 35.9 Å². The number of aromatic amines is 1. The summed E-state index contributed by atoms with van der Waals surface area (Å²) in [5, 5.41) is 3.38. The van der Waals surface area contributed by atoms with Crippen molar-refractivity contribution in [1.82, 2.24) is 19.9 Å². The van der Waals surface area contributed by atoms with Crippen LogP contribution in [0.15, 0.2) is 77.9 Å². The number of nitrogens with zero attached hydrogens (tertiary/aromatic N) is 3. The van der Waals surface area contributed by atoms with Crippen LogP contribution in [0.1, 0.15) is 48.4 Å². The number of rotatable bonds is 12. The van der Waals surface area contributed by atoms with E-state index in [1.165, 1.54) is 24.5 Å². The summed E-state index contributed by atoms with van der Waals surface area (Å²) in [6.45, 7) is 0.311. The van der Waals surface area contributed by atoms with Gasteiger partial charge in [0.2, 0.25) is 6.41 Å². The third kappa shape index (κ3) is 7.63. The second-order valence-electron chi connectivity index (χ2n) is 9.72. The van der Waals surface area contributed by atoms with Gasteiger partial charge in [-0.05, 0) is 68.1 Å². The van der Waals surface area contributed by atoms with E-state index in [-0.39, 0.29) is 23.5 Å². The average Bonchev–Trinajstić information content (AvgIpc) is 3.30. The van der Waals surface area contributed by atoms with E-state index in [4.69, 9.17) is 5.84 Å². The Bertz CT molecular complexity index is 1600. The van der Waals surface area contributed by atoms with Crippen molar-refractivity contribution in [3.05, 3.63) is 100 Å². The van der Waals surface area contributed by atoms with Gasteiger partial charge in [-0.2, -0.15) is 26.3 Å². The first-order valence-electron chi connectivity index (χ1n) is 13.2. The number of carbonyl (C=O) groups excluding carboxylic acids is 1. The van der Waals surface area contributed by atoms with Crippen molar-refractivity contribution in [2.24, 2.45) is 5.84 Å². The van der Waals surface area contributed by atoms with Crippen LogP contribution < -0.4 is 21.9 Å². The quantitative estimate of drug-likeness (QED) is 0.0600. The van der Waals surface area contributed by atoms with Crippen molar-refractivity contribution >= 4 is 28.8 Å². The standard InChI is InChI=1S/C29H28F6N6O2/c30-28(31,32)20-15-21(29(33,34)35)17-23(16-20)41(36)25(19-9-12-37-13-10-19)7-3-1-5-22(11-14-38-18-42)40-26-8-4-2-6-24(26)39-27(40)43/h2,4,6-10,12-13,15-18,22H,1,3,5,11,14,36H2,(H,38,42)(H,39,43)/b25-7-. The average molecular weight is 607 g/mol. The van der Waals surface area contributed by atoms with Crippen LogP contribution in [0.5, 0.6) is 0 Å². The van der Waals surface area contributed by atoms with Crippen molar-refractivity contribution in [3.8, 4) is 0 Å². The molecule has 2 heterocycles. The Morgan fingerprint density at radius 3 is 2.28 bits per heavy atom. The highest BCUT2D eigenvalue weighted by atomic mass is 19.4. The van der Waals surface area contributed by atoms with E-state index in [1.54, 1.807) is 34.9 Å². The van der Waals surface area contributed by atoms with Crippen LogP contribution in [0.3, 0.4) is 0 Å². The minimum atomic E-state index is -5.04. The van der Waals surface area contributed by atoms with Crippen molar-refractivity contribution in [2.45, 2.75) is 44.1 Å². The van der Waals surface area contributed by atoms with Gasteiger partial charge in [0.25, 0.3) is 0 Å². The monoisotopic (exact) mass is 606 g/mol. The van der Waals surface area contributed by atoms with E-state index < -0.39 is 29.2 Å². The van der Waals surface area contributed by atoms with Crippen molar-refractivity contribution < 1.29 is 31.1 Å². The van der Waals surface area contributed by atoms with Crippen LogP contribution in [0, 0.1) is 0 Å². The molecule has 0 spiro atoms. The fourth-order valence-electron chi connectivity index (χ4n) is 4.84. The number of para-hydroxylation sites is 2. The Morgan fingerprint density at radius 1 is 1.00 bits per heavy atom. The van der Waals surface area contributed by atoms with Gasteiger partial charge in [-0.25, -0.2) is 10.6 Å². The van der Waals surface area contributed by atoms with Gasteiger partial charge in [0.05, 0.1) is 33.5 Å². The molecular formula is C29H28F6N6O2. The predicted molar refractivity (Wildman–Crippen MR) is 149 cm³/mol. The summed E-state index contributed by atoms with van der Waals surface area (Å²) in [5.41, 5.74) is -1.87. The molecule has 228 valence electrons. The lowest BCUT2D eigenvalue weighted by molar-refractivity contribution is -0.143. The number of fused-ring (bicyclic) bond motifs is 1. The largest absolute Gasteiger partial charge is 0.416 e. The highest BCUT2D eigenvalue weighted by Crippen LogP contribution is 2.39. The van der Waals surface area contributed by atoms with Crippen LogP contribution >= 0.6 is 0 Å². The molecule has 0 bridgehead atoms. The summed E-state index contributed by atoms with van der Waals surface area (Å²) in [6, 6.07) is 11.1. The van der Waals surface area contributed by atoms with Crippen LogP contribution in [-0.4, -0.2) is 27.5 Å². The van der Waals surface area contributed by atoms with Gasteiger partial charge in [0, 0.05) is 30.5 Å². The van der Waals surface area contributed by atoms with Crippen LogP contribution in [0.4, 0.5) is 32.0 Å². The number of amides is 1. The first-order valence-corrected chi connectivity index (χ1v) is 13.2. The van der Waals surface area contributed by atoms with E-state index in [1.807, 2.05) is 0 Å². The Balaban J connectivity index is 1.64. The van der Waals surface area contributed by atoms with Crippen LogP contribution in [0.2, 0.25) is 0 Å². The number of hydrogen-bond donors (Lipinski definition) is 3. The highest BCUT2D eigenvalue weighted by molar-refractivity contribution is 5.78. The van der Waals surface area contributed by atoms with E-state index >= 15 is 0 Å². The maximum absolute atomic E-state index is 13.5. The predicted octanol–water partition coefficient (Wildman–Crippen LogP) is 6.03. The second kappa shape index (κ2) is 13.2. The van der Waals surface area contributed by atoms with Crippen molar-refractivity contribution in [2.75, 3.05) is 11.6 Å². The van der Waals surface area contributed by atoms with Gasteiger partial charge in [-0.1, -0.05) is 18.2 Å². The number of unbranched alkanes of at least 4 members (excludes halogenated alkanes) is 1. The summed E-state index contributed by atoms with van der Waals surface area (Å²) in [6.07, 6.45) is -3.37. The van der Waals surface area contributed by atoms with Gasteiger partial charge in [0.15, 0.2) is 0 Å². The Hall–Kier alpha value is -4.59. The molecule has 0 radical (unpaired) electrons. The van der Waals surface area contributed by atoms with Gasteiger partial charge >= 0.3 is 18.0 Å². The van der Waals surface area contributed by atoms with E-state index in [2.05, 4.69) is 15.3 Å². The molecule has 4 N–H and O–H groups in total. The number of hydrazine groups is 1. The molecule has 43 heavy (non-hydrogen) atoms. The fraction of sp³-hybridized carbons (Fsp3) is 0.276. The molecule has 1 atom stereocenters. The molecule has 0 aliphatic rings. The minimum Gasteiger partial charge on any atom is -0.359 e. The number of nitrogens with one attached hydrogen (secondary N) is 2. The molecule has 4 aromatic rings. The van der Waals surface area contributed by atoms with Crippen LogP contribution in [-0.2, 0) is 17.1 Å².